The number of pyridine rings is 1. The van der Waals surface area contributed by atoms with E-state index < -0.39 is 0 Å². The van der Waals surface area contributed by atoms with Crippen molar-refractivity contribution in [3.63, 3.8) is 0 Å². The predicted molar refractivity (Wildman–Crippen MR) is 99.6 cm³/mol. The first kappa shape index (κ1) is 17.2. The molecule has 2 aromatic rings. The van der Waals surface area contributed by atoms with Crippen LogP contribution in [0.2, 0.25) is 0 Å². The molecule has 2 saturated heterocycles. The molecule has 0 aromatic carbocycles. The van der Waals surface area contributed by atoms with E-state index in [9.17, 15) is 4.79 Å². The number of rotatable bonds is 4. The zero-order valence-electron chi connectivity index (χ0n) is 15.8. The molecule has 2 aliphatic rings. The van der Waals surface area contributed by atoms with Crippen LogP contribution in [0.25, 0.3) is 0 Å². The van der Waals surface area contributed by atoms with Crippen molar-refractivity contribution in [1.82, 2.24) is 24.3 Å². The van der Waals surface area contributed by atoms with Crippen molar-refractivity contribution >= 4 is 5.91 Å². The molecule has 1 spiro atoms. The monoisotopic (exact) mass is 353 g/mol. The highest BCUT2D eigenvalue weighted by molar-refractivity contribution is 5.86. The van der Waals surface area contributed by atoms with E-state index in [2.05, 4.69) is 46.5 Å². The molecule has 6 nitrogen and oxygen atoms in total. The van der Waals surface area contributed by atoms with E-state index in [4.69, 9.17) is 0 Å². The minimum absolute atomic E-state index is 0.169. The quantitative estimate of drug-likeness (QED) is 0.846. The lowest BCUT2D eigenvalue weighted by Gasteiger charge is -2.28. The lowest BCUT2D eigenvalue weighted by molar-refractivity contribution is -0.136. The fourth-order valence-electron chi connectivity index (χ4n) is 4.52. The number of amides is 1. The fraction of sp³-hybridized carbons (Fsp3) is 0.550. The molecule has 2 aliphatic heterocycles. The highest BCUT2D eigenvalue weighted by Crippen LogP contribution is 2.49. The van der Waals surface area contributed by atoms with Gasteiger partial charge in [0.05, 0.1) is 17.4 Å². The molecular formula is C20H27N5O. The Kier molecular flexibility index (Phi) is 4.31. The van der Waals surface area contributed by atoms with Crippen LogP contribution >= 0.6 is 0 Å². The summed E-state index contributed by atoms with van der Waals surface area (Å²) in [7, 11) is 2.11. The Balaban J connectivity index is 1.60. The van der Waals surface area contributed by atoms with Crippen molar-refractivity contribution in [2.24, 2.45) is 5.41 Å². The van der Waals surface area contributed by atoms with E-state index >= 15 is 0 Å². The van der Waals surface area contributed by atoms with Gasteiger partial charge < -0.3 is 14.4 Å². The van der Waals surface area contributed by atoms with Crippen LogP contribution in [0.1, 0.15) is 43.5 Å². The summed E-state index contributed by atoms with van der Waals surface area (Å²) >= 11 is 0. The van der Waals surface area contributed by atoms with Gasteiger partial charge in [0.15, 0.2) is 0 Å². The lowest BCUT2D eigenvalue weighted by atomic mass is 9.75. The van der Waals surface area contributed by atoms with Crippen molar-refractivity contribution in [3.05, 3.63) is 48.3 Å². The molecule has 0 unspecified atom stereocenters. The number of likely N-dealkylation sites (tertiary alicyclic amines) is 2. The number of likely N-dealkylation sites (N-methyl/N-ethyl adjacent to an activating group) is 1. The third-order valence-corrected chi connectivity index (χ3v) is 5.95. The number of carbonyl (C=O) groups is 1. The molecule has 0 bridgehead atoms. The molecule has 6 heteroatoms. The Morgan fingerprint density at radius 3 is 2.77 bits per heavy atom. The van der Waals surface area contributed by atoms with Crippen LogP contribution in [-0.4, -0.2) is 56.9 Å². The average Bonchev–Trinajstić information content (AvgIpc) is 3.30. The highest BCUT2D eigenvalue weighted by atomic mass is 16.2. The molecule has 4 rings (SSSR count). The topological polar surface area (TPSA) is 54.3 Å². The van der Waals surface area contributed by atoms with Gasteiger partial charge in [-0.3, -0.25) is 9.78 Å². The Morgan fingerprint density at radius 2 is 2.08 bits per heavy atom. The Morgan fingerprint density at radius 1 is 1.31 bits per heavy atom. The standard InChI is InChI=1S/C20H27N5O/c1-15(2)25-12-18(22-14-25)17-11-23(3)13-20(17)6-9-24(19(20)26)10-16-4-7-21-8-5-16/h4-5,7-8,12,14-15,17H,6,9-11,13H2,1-3H3/t17-,20+/m1/s1. The van der Waals surface area contributed by atoms with Gasteiger partial charge in [0.25, 0.3) is 0 Å². The molecule has 0 aliphatic carbocycles. The molecule has 0 saturated carbocycles. The van der Waals surface area contributed by atoms with Gasteiger partial charge in [-0.2, -0.15) is 0 Å². The highest BCUT2D eigenvalue weighted by Gasteiger charge is 2.57. The lowest BCUT2D eigenvalue weighted by Crippen LogP contribution is -2.39. The van der Waals surface area contributed by atoms with Crippen LogP contribution in [0, 0.1) is 5.41 Å². The van der Waals surface area contributed by atoms with E-state index in [-0.39, 0.29) is 17.2 Å². The van der Waals surface area contributed by atoms with Crippen LogP contribution in [0.3, 0.4) is 0 Å². The van der Waals surface area contributed by atoms with Gasteiger partial charge in [0, 0.05) is 56.7 Å². The van der Waals surface area contributed by atoms with Crippen LogP contribution < -0.4 is 0 Å². The normalized spacial score (nSPS) is 26.5. The summed E-state index contributed by atoms with van der Waals surface area (Å²) in [6, 6.07) is 4.36. The molecule has 4 heterocycles. The van der Waals surface area contributed by atoms with E-state index in [1.165, 1.54) is 0 Å². The van der Waals surface area contributed by atoms with Crippen LogP contribution in [0.4, 0.5) is 0 Å². The van der Waals surface area contributed by atoms with Gasteiger partial charge >= 0.3 is 0 Å². The van der Waals surface area contributed by atoms with Crippen LogP contribution in [0.15, 0.2) is 37.1 Å². The maximum Gasteiger partial charge on any atom is 0.231 e. The summed E-state index contributed by atoms with van der Waals surface area (Å²) < 4.78 is 2.13. The summed E-state index contributed by atoms with van der Waals surface area (Å²) in [5.74, 6) is 0.449. The molecule has 2 aromatic heterocycles. The third-order valence-electron chi connectivity index (χ3n) is 5.95. The first-order valence-corrected chi connectivity index (χ1v) is 9.40. The van der Waals surface area contributed by atoms with Gasteiger partial charge in [-0.05, 0) is 45.0 Å². The Bertz CT molecular complexity index is 787. The van der Waals surface area contributed by atoms with E-state index in [1.807, 2.05) is 23.4 Å². The Labute approximate surface area is 154 Å². The number of imidazole rings is 1. The number of hydrogen-bond donors (Lipinski definition) is 0. The van der Waals surface area contributed by atoms with Gasteiger partial charge in [-0.1, -0.05) is 0 Å². The molecular weight excluding hydrogens is 326 g/mol. The van der Waals surface area contributed by atoms with Gasteiger partial charge in [0.2, 0.25) is 5.91 Å². The van der Waals surface area contributed by atoms with E-state index in [1.54, 1.807) is 12.4 Å². The third kappa shape index (κ3) is 2.82. The number of carbonyl (C=O) groups excluding carboxylic acids is 1. The van der Waals surface area contributed by atoms with Crippen LogP contribution in [0.5, 0.6) is 0 Å². The largest absolute Gasteiger partial charge is 0.338 e. The van der Waals surface area contributed by atoms with E-state index in [0.29, 0.717) is 12.6 Å². The molecule has 138 valence electrons. The van der Waals surface area contributed by atoms with Gasteiger partial charge in [-0.15, -0.1) is 0 Å². The van der Waals surface area contributed by atoms with Gasteiger partial charge in [0.1, 0.15) is 0 Å². The second kappa shape index (κ2) is 6.50. The number of nitrogens with zero attached hydrogens (tertiary/aromatic N) is 5. The maximum absolute atomic E-state index is 13.5. The fourth-order valence-corrected chi connectivity index (χ4v) is 4.52. The molecule has 0 N–H and O–H groups in total. The SMILES string of the molecule is CC(C)n1cnc([C@H]2CN(C)C[C@@]23CCN(Cc2ccncc2)C3=O)c1. The summed E-state index contributed by atoms with van der Waals surface area (Å²) in [5.41, 5.74) is 1.86. The van der Waals surface area contributed by atoms with E-state index in [0.717, 1.165) is 37.3 Å². The number of aromatic nitrogens is 3. The summed E-state index contributed by atoms with van der Waals surface area (Å²) in [5, 5.41) is 0. The van der Waals surface area contributed by atoms with Gasteiger partial charge in [-0.25, -0.2) is 4.98 Å². The summed E-state index contributed by atoms with van der Waals surface area (Å²) in [6.45, 7) is 7.50. The predicted octanol–water partition coefficient (Wildman–Crippen LogP) is 2.31. The smallest absolute Gasteiger partial charge is 0.231 e. The summed E-state index contributed by atoms with van der Waals surface area (Å²) in [4.78, 5) is 26.5. The van der Waals surface area contributed by atoms with Crippen molar-refractivity contribution in [2.75, 3.05) is 26.7 Å². The van der Waals surface area contributed by atoms with Crippen molar-refractivity contribution in [2.45, 2.75) is 38.8 Å². The minimum Gasteiger partial charge on any atom is -0.338 e. The second-order valence-electron chi connectivity index (χ2n) is 8.08. The molecule has 1 amide bonds. The molecule has 0 radical (unpaired) electrons. The van der Waals surface area contributed by atoms with Crippen molar-refractivity contribution in [3.8, 4) is 0 Å². The Hall–Kier alpha value is -2.21. The zero-order chi connectivity index (χ0) is 18.3. The maximum atomic E-state index is 13.5. The van der Waals surface area contributed by atoms with Crippen molar-refractivity contribution < 1.29 is 4.79 Å². The van der Waals surface area contributed by atoms with Crippen molar-refractivity contribution in [1.29, 1.82) is 0 Å². The van der Waals surface area contributed by atoms with Crippen LogP contribution in [-0.2, 0) is 11.3 Å². The summed E-state index contributed by atoms with van der Waals surface area (Å²) in [6.07, 6.45) is 8.52. The first-order chi connectivity index (χ1) is 12.5. The second-order valence-corrected chi connectivity index (χ2v) is 8.08. The molecule has 2 fully saturated rings. The number of hydrogen-bond acceptors (Lipinski definition) is 4. The average molecular weight is 353 g/mol. The zero-order valence-corrected chi connectivity index (χ0v) is 15.8. The molecule has 2 atom stereocenters. The minimum atomic E-state index is -0.335. The first-order valence-electron chi connectivity index (χ1n) is 9.40. The molecule has 26 heavy (non-hydrogen) atoms.